The number of hydrogen-bond acceptors (Lipinski definition) is 4. The zero-order valence-electron chi connectivity index (χ0n) is 8.37. The maximum absolute atomic E-state index is 11.2. The van der Waals surface area contributed by atoms with Crippen molar-refractivity contribution >= 4 is 11.9 Å². The van der Waals surface area contributed by atoms with E-state index in [-0.39, 0.29) is 11.9 Å². The van der Waals surface area contributed by atoms with E-state index in [1.807, 2.05) is 13.8 Å². The Morgan fingerprint density at radius 2 is 2.36 bits per heavy atom. The molecule has 0 bridgehead atoms. The number of rotatable bonds is 4. The quantitative estimate of drug-likeness (QED) is 0.635. The number of aromatic nitrogens is 3. The van der Waals surface area contributed by atoms with Gasteiger partial charge in [0.05, 0.1) is 6.54 Å². The maximum Gasteiger partial charge on any atom is 0.239 e. The van der Waals surface area contributed by atoms with Crippen molar-refractivity contribution in [2.75, 3.05) is 5.73 Å². The van der Waals surface area contributed by atoms with E-state index >= 15 is 0 Å². The van der Waals surface area contributed by atoms with Crippen LogP contribution in [-0.4, -0.2) is 21.1 Å². The molecule has 1 heterocycles. The average molecular weight is 197 g/mol. The van der Waals surface area contributed by atoms with Crippen molar-refractivity contribution < 1.29 is 4.79 Å². The zero-order valence-corrected chi connectivity index (χ0v) is 8.37. The first-order valence-electron chi connectivity index (χ1n) is 4.51. The van der Waals surface area contributed by atoms with Crippen molar-refractivity contribution in [3.8, 4) is 0 Å². The van der Waals surface area contributed by atoms with Crippen LogP contribution in [-0.2, 0) is 11.3 Å². The number of amides is 1. The van der Waals surface area contributed by atoms with Crippen molar-refractivity contribution in [1.29, 1.82) is 0 Å². The predicted molar refractivity (Wildman–Crippen MR) is 52.1 cm³/mol. The molecule has 4 N–H and O–H groups in total. The standard InChI is InChI=1S/C8H15N5O/c1-5(2)3-7(14)10-4-6-11-8(9)13-12-6/h5H,3-4H2,1-2H3,(H,10,14)(H3,9,11,12,13). The first-order valence-corrected chi connectivity index (χ1v) is 4.51. The van der Waals surface area contributed by atoms with Gasteiger partial charge in [0.15, 0.2) is 0 Å². The van der Waals surface area contributed by atoms with Gasteiger partial charge in [0, 0.05) is 6.42 Å². The van der Waals surface area contributed by atoms with Gasteiger partial charge >= 0.3 is 0 Å². The second kappa shape index (κ2) is 4.59. The van der Waals surface area contributed by atoms with Gasteiger partial charge in [-0.25, -0.2) is 0 Å². The molecule has 1 rings (SSSR count). The molecule has 0 atom stereocenters. The fraction of sp³-hybridized carbons (Fsp3) is 0.625. The van der Waals surface area contributed by atoms with E-state index in [9.17, 15) is 4.79 Å². The number of nitrogens with zero attached hydrogens (tertiary/aromatic N) is 2. The summed E-state index contributed by atoms with van der Waals surface area (Å²) in [5, 5.41) is 8.97. The number of nitrogen functional groups attached to an aromatic ring is 1. The molecule has 0 saturated carbocycles. The van der Waals surface area contributed by atoms with Gasteiger partial charge in [-0.05, 0) is 5.92 Å². The van der Waals surface area contributed by atoms with E-state index < -0.39 is 0 Å². The van der Waals surface area contributed by atoms with Gasteiger partial charge in [-0.1, -0.05) is 13.8 Å². The summed E-state index contributed by atoms with van der Waals surface area (Å²) in [7, 11) is 0. The molecule has 0 aliphatic carbocycles. The number of aromatic amines is 1. The first-order chi connectivity index (χ1) is 6.58. The molecule has 0 saturated heterocycles. The molecular formula is C8H15N5O. The number of hydrogen-bond donors (Lipinski definition) is 3. The van der Waals surface area contributed by atoms with Gasteiger partial charge < -0.3 is 11.1 Å². The number of carbonyl (C=O) groups is 1. The highest BCUT2D eigenvalue weighted by atomic mass is 16.1. The van der Waals surface area contributed by atoms with E-state index in [4.69, 9.17) is 5.73 Å². The Kier molecular flexibility index (Phi) is 3.44. The molecule has 0 fully saturated rings. The van der Waals surface area contributed by atoms with Crippen LogP contribution < -0.4 is 11.1 Å². The second-order valence-corrected chi connectivity index (χ2v) is 3.52. The van der Waals surface area contributed by atoms with Gasteiger partial charge in [0.1, 0.15) is 5.82 Å². The van der Waals surface area contributed by atoms with Crippen LogP contribution in [0.5, 0.6) is 0 Å². The lowest BCUT2D eigenvalue weighted by molar-refractivity contribution is -0.121. The van der Waals surface area contributed by atoms with Crippen LogP contribution in [0, 0.1) is 5.92 Å². The van der Waals surface area contributed by atoms with E-state index in [2.05, 4.69) is 20.5 Å². The summed E-state index contributed by atoms with van der Waals surface area (Å²) in [5.74, 6) is 1.13. The van der Waals surface area contributed by atoms with Crippen molar-refractivity contribution in [3.05, 3.63) is 5.82 Å². The zero-order chi connectivity index (χ0) is 10.6. The fourth-order valence-corrected chi connectivity index (χ4v) is 1.01. The molecule has 6 heteroatoms. The Balaban J connectivity index is 2.30. The normalized spacial score (nSPS) is 10.5. The van der Waals surface area contributed by atoms with Crippen LogP contribution in [0.15, 0.2) is 0 Å². The summed E-state index contributed by atoms with van der Waals surface area (Å²) in [6, 6.07) is 0. The molecule has 6 nitrogen and oxygen atoms in total. The third-order valence-electron chi connectivity index (χ3n) is 1.60. The van der Waals surface area contributed by atoms with Crippen LogP contribution in [0.1, 0.15) is 26.1 Å². The third kappa shape index (κ3) is 3.42. The molecule has 0 radical (unpaired) electrons. The molecule has 14 heavy (non-hydrogen) atoms. The number of anilines is 1. The lowest BCUT2D eigenvalue weighted by Gasteiger charge is -2.04. The van der Waals surface area contributed by atoms with Crippen LogP contribution in [0.4, 0.5) is 5.95 Å². The van der Waals surface area contributed by atoms with Gasteiger partial charge in [-0.2, -0.15) is 4.98 Å². The summed E-state index contributed by atoms with van der Waals surface area (Å²) >= 11 is 0. The Labute approximate surface area is 82.3 Å². The van der Waals surface area contributed by atoms with Crippen LogP contribution >= 0.6 is 0 Å². The number of H-pyrrole nitrogens is 1. The molecule has 78 valence electrons. The summed E-state index contributed by atoms with van der Waals surface area (Å²) in [4.78, 5) is 15.1. The molecular weight excluding hydrogens is 182 g/mol. The van der Waals surface area contributed by atoms with Gasteiger partial charge in [-0.15, -0.1) is 5.10 Å². The molecule has 0 spiro atoms. The van der Waals surface area contributed by atoms with Crippen molar-refractivity contribution in [2.24, 2.45) is 5.92 Å². The minimum atomic E-state index is 0.00923. The van der Waals surface area contributed by atoms with E-state index in [0.29, 0.717) is 24.7 Å². The SMILES string of the molecule is CC(C)CC(=O)NCc1nc(N)n[nH]1. The Morgan fingerprint density at radius 3 is 2.86 bits per heavy atom. The number of carbonyl (C=O) groups excluding carboxylic acids is 1. The Morgan fingerprint density at radius 1 is 1.64 bits per heavy atom. The lowest BCUT2D eigenvalue weighted by atomic mass is 10.1. The van der Waals surface area contributed by atoms with Gasteiger partial charge in [0.25, 0.3) is 0 Å². The highest BCUT2D eigenvalue weighted by Gasteiger charge is 2.05. The van der Waals surface area contributed by atoms with Crippen molar-refractivity contribution in [2.45, 2.75) is 26.8 Å². The van der Waals surface area contributed by atoms with Gasteiger partial charge in [-0.3, -0.25) is 9.89 Å². The highest BCUT2D eigenvalue weighted by Crippen LogP contribution is 1.99. The fourth-order valence-electron chi connectivity index (χ4n) is 1.01. The predicted octanol–water partition coefficient (Wildman–Crippen LogP) is 0.0492. The minimum absolute atomic E-state index is 0.00923. The summed E-state index contributed by atoms with van der Waals surface area (Å²) in [5.41, 5.74) is 5.30. The molecule has 0 unspecified atom stereocenters. The molecule has 1 aromatic heterocycles. The summed E-state index contributed by atoms with van der Waals surface area (Å²) < 4.78 is 0. The number of nitrogens with two attached hydrogens (primary N) is 1. The minimum Gasteiger partial charge on any atom is -0.367 e. The van der Waals surface area contributed by atoms with E-state index in [1.165, 1.54) is 0 Å². The molecule has 1 aromatic rings. The lowest BCUT2D eigenvalue weighted by Crippen LogP contribution is -2.24. The highest BCUT2D eigenvalue weighted by molar-refractivity contribution is 5.75. The number of nitrogens with one attached hydrogen (secondary N) is 2. The second-order valence-electron chi connectivity index (χ2n) is 3.52. The van der Waals surface area contributed by atoms with Crippen molar-refractivity contribution in [3.63, 3.8) is 0 Å². The van der Waals surface area contributed by atoms with Crippen LogP contribution in [0.3, 0.4) is 0 Å². The first kappa shape index (κ1) is 10.5. The monoisotopic (exact) mass is 197 g/mol. The molecule has 0 aliphatic rings. The summed E-state index contributed by atoms with van der Waals surface area (Å²) in [6.07, 6.45) is 0.517. The Hall–Kier alpha value is -1.59. The van der Waals surface area contributed by atoms with Crippen molar-refractivity contribution in [1.82, 2.24) is 20.5 Å². The van der Waals surface area contributed by atoms with Crippen LogP contribution in [0.25, 0.3) is 0 Å². The van der Waals surface area contributed by atoms with E-state index in [0.717, 1.165) is 0 Å². The maximum atomic E-state index is 11.2. The van der Waals surface area contributed by atoms with E-state index in [1.54, 1.807) is 0 Å². The average Bonchev–Trinajstić information content (AvgIpc) is 2.47. The molecule has 0 aromatic carbocycles. The third-order valence-corrected chi connectivity index (χ3v) is 1.60. The van der Waals surface area contributed by atoms with Gasteiger partial charge in [0.2, 0.25) is 11.9 Å². The topological polar surface area (TPSA) is 96.7 Å². The molecule has 1 amide bonds. The molecule has 0 aliphatic heterocycles. The Bertz CT molecular complexity index is 306. The smallest absolute Gasteiger partial charge is 0.239 e. The largest absolute Gasteiger partial charge is 0.367 e. The summed E-state index contributed by atoms with van der Waals surface area (Å²) in [6.45, 7) is 4.33. The van der Waals surface area contributed by atoms with Crippen LogP contribution in [0.2, 0.25) is 0 Å².